The average molecular weight is 481 g/mol. The number of aromatic nitrogens is 3. The lowest BCUT2D eigenvalue weighted by molar-refractivity contribution is -0.192. The van der Waals surface area contributed by atoms with Crippen molar-refractivity contribution < 1.29 is 37.7 Å². The monoisotopic (exact) mass is 480 g/mol. The Hall–Kier alpha value is -3.25. The maximum Gasteiger partial charge on any atom is 0.490 e. The number of carboxylic acid groups (broad SMARTS) is 2. The maximum absolute atomic E-state index is 10.8. The minimum absolute atomic E-state index is 0.207. The van der Waals surface area contributed by atoms with Crippen molar-refractivity contribution in [2.45, 2.75) is 6.18 Å². The second-order valence-electron chi connectivity index (χ2n) is 5.65. The van der Waals surface area contributed by atoms with Crippen molar-refractivity contribution in [2.24, 2.45) is 0 Å². The van der Waals surface area contributed by atoms with E-state index in [-0.39, 0.29) is 11.7 Å². The second kappa shape index (κ2) is 9.71. The molecule has 31 heavy (non-hydrogen) atoms. The molecule has 0 bridgehead atoms. The van der Waals surface area contributed by atoms with Crippen LogP contribution in [0.5, 0.6) is 5.75 Å². The summed E-state index contributed by atoms with van der Waals surface area (Å²) >= 11 is 12.1. The largest absolute Gasteiger partial charge is 0.494 e. The van der Waals surface area contributed by atoms with Gasteiger partial charge < -0.3 is 20.3 Å². The number of nitrogens with one attached hydrogen (secondary N) is 1. The molecule has 0 fully saturated rings. The molecule has 0 aliphatic heterocycles. The predicted molar refractivity (Wildman–Crippen MR) is 105 cm³/mol. The van der Waals surface area contributed by atoms with Gasteiger partial charge in [0.25, 0.3) is 0 Å². The smallest absolute Gasteiger partial charge is 0.490 e. The Morgan fingerprint density at radius 3 is 2.42 bits per heavy atom. The summed E-state index contributed by atoms with van der Waals surface area (Å²) < 4.78 is 38.7. The fourth-order valence-electron chi connectivity index (χ4n) is 2.31. The lowest BCUT2D eigenvalue weighted by atomic mass is 10.2. The molecular formula is C17H13Cl2F3N4O5. The van der Waals surface area contributed by atoms with Crippen molar-refractivity contribution in [3.05, 3.63) is 40.6 Å². The second-order valence-corrected chi connectivity index (χ2v) is 6.47. The number of methoxy groups -OCH3 is 1. The zero-order valence-electron chi connectivity index (χ0n) is 15.4. The third-order valence-corrected chi connectivity index (χ3v) is 3.98. The van der Waals surface area contributed by atoms with E-state index in [9.17, 15) is 18.0 Å². The minimum Gasteiger partial charge on any atom is -0.494 e. The minimum atomic E-state index is -5.08. The van der Waals surface area contributed by atoms with E-state index in [0.717, 1.165) is 0 Å². The molecule has 1 aromatic carbocycles. The highest BCUT2D eigenvalue weighted by Gasteiger charge is 2.38. The van der Waals surface area contributed by atoms with Crippen molar-refractivity contribution in [3.8, 4) is 11.4 Å². The van der Waals surface area contributed by atoms with Gasteiger partial charge in [-0.25, -0.2) is 14.5 Å². The number of pyridine rings is 1. The molecule has 2 heterocycles. The van der Waals surface area contributed by atoms with Crippen LogP contribution >= 0.6 is 23.2 Å². The number of hydrogen-bond donors (Lipinski definition) is 3. The first-order valence-corrected chi connectivity index (χ1v) is 8.83. The van der Waals surface area contributed by atoms with E-state index in [4.69, 9.17) is 42.9 Å². The van der Waals surface area contributed by atoms with Gasteiger partial charge >= 0.3 is 18.1 Å². The van der Waals surface area contributed by atoms with Gasteiger partial charge in [0.05, 0.1) is 24.2 Å². The molecule has 0 amide bonds. The van der Waals surface area contributed by atoms with Gasteiger partial charge in [-0.3, -0.25) is 4.79 Å². The zero-order valence-corrected chi connectivity index (χ0v) is 17.0. The fraction of sp³-hybridized carbons (Fsp3) is 0.176. The van der Waals surface area contributed by atoms with E-state index < -0.39 is 18.1 Å². The van der Waals surface area contributed by atoms with Crippen LogP contribution < -0.4 is 10.1 Å². The van der Waals surface area contributed by atoms with Crippen LogP contribution in [0.1, 0.15) is 0 Å². The summed E-state index contributed by atoms with van der Waals surface area (Å²) in [6.45, 7) is -0.284. The number of alkyl halides is 3. The highest BCUT2D eigenvalue weighted by Crippen LogP contribution is 2.31. The van der Waals surface area contributed by atoms with E-state index in [0.29, 0.717) is 33.2 Å². The number of halogens is 5. The first kappa shape index (κ1) is 24.0. The average Bonchev–Trinajstić information content (AvgIpc) is 3.09. The van der Waals surface area contributed by atoms with Crippen LogP contribution in [0, 0.1) is 0 Å². The summed E-state index contributed by atoms with van der Waals surface area (Å²) in [4.78, 5) is 23.8. The summed E-state index contributed by atoms with van der Waals surface area (Å²) in [6.07, 6.45) is -3.51. The summed E-state index contributed by atoms with van der Waals surface area (Å²) in [5, 5.41) is 24.4. The van der Waals surface area contributed by atoms with E-state index in [1.807, 2.05) is 0 Å². The Balaban J connectivity index is 0.000000423. The van der Waals surface area contributed by atoms with Gasteiger partial charge in [-0.15, -0.1) is 0 Å². The zero-order chi connectivity index (χ0) is 23.3. The molecule has 0 spiro atoms. The molecular weight excluding hydrogens is 468 g/mol. The number of benzene rings is 1. The number of hydrogen-bond acceptors (Lipinski definition) is 6. The molecule has 3 N–H and O–H groups in total. The van der Waals surface area contributed by atoms with Gasteiger partial charge in [0, 0.05) is 11.1 Å². The summed E-state index contributed by atoms with van der Waals surface area (Å²) in [5.74, 6) is -2.84. The number of rotatable bonds is 5. The number of nitrogens with zero attached hydrogens (tertiary/aromatic N) is 3. The standard InChI is InChI=1S/C15H12Cl2N4O3.C2HF3O2/c1-24-12-3-2-8(16)4-11(12)21-10-5-13(17)20-15(9(10)6-19-21)18-7-14(22)23;3-2(4,5)1(6)7/h2-6H,7H2,1H3,(H,18,20)(H,22,23);(H,6,7). The van der Waals surface area contributed by atoms with Gasteiger partial charge in [-0.2, -0.15) is 18.3 Å². The molecule has 2 aromatic heterocycles. The van der Waals surface area contributed by atoms with Gasteiger partial charge in [-0.05, 0) is 18.2 Å². The molecule has 0 unspecified atom stereocenters. The Morgan fingerprint density at radius 1 is 1.23 bits per heavy atom. The number of aliphatic carboxylic acids is 2. The fourth-order valence-corrected chi connectivity index (χ4v) is 2.66. The molecule has 3 aromatic rings. The van der Waals surface area contributed by atoms with E-state index in [2.05, 4.69) is 15.4 Å². The lowest BCUT2D eigenvalue weighted by Gasteiger charge is -2.11. The summed E-state index contributed by atoms with van der Waals surface area (Å²) in [5.41, 5.74) is 1.27. The number of anilines is 1. The van der Waals surface area contributed by atoms with Crippen LogP contribution in [0.4, 0.5) is 19.0 Å². The third kappa shape index (κ3) is 6.12. The number of carboxylic acids is 2. The summed E-state index contributed by atoms with van der Waals surface area (Å²) in [6, 6.07) is 6.79. The Kier molecular flexibility index (Phi) is 7.52. The first-order valence-electron chi connectivity index (χ1n) is 8.08. The molecule has 0 saturated heterocycles. The van der Waals surface area contributed by atoms with Gasteiger partial charge in [0.1, 0.15) is 29.0 Å². The van der Waals surface area contributed by atoms with E-state index in [1.54, 1.807) is 42.3 Å². The summed E-state index contributed by atoms with van der Waals surface area (Å²) in [7, 11) is 1.55. The molecule has 0 saturated carbocycles. The maximum atomic E-state index is 10.8. The van der Waals surface area contributed by atoms with Crippen molar-refractivity contribution in [2.75, 3.05) is 19.0 Å². The molecule has 166 valence electrons. The molecule has 0 aliphatic rings. The quantitative estimate of drug-likeness (QED) is 0.469. The van der Waals surface area contributed by atoms with E-state index >= 15 is 0 Å². The Morgan fingerprint density at radius 2 is 1.87 bits per heavy atom. The normalized spacial score (nSPS) is 10.9. The van der Waals surface area contributed by atoms with Gasteiger partial charge in [0.2, 0.25) is 0 Å². The lowest BCUT2D eigenvalue weighted by Crippen LogP contribution is -2.21. The van der Waals surface area contributed by atoms with Gasteiger partial charge in [0.15, 0.2) is 0 Å². The van der Waals surface area contributed by atoms with Crippen molar-refractivity contribution in [3.63, 3.8) is 0 Å². The molecule has 14 heteroatoms. The van der Waals surface area contributed by atoms with Crippen LogP contribution in [-0.2, 0) is 9.59 Å². The SMILES string of the molecule is COc1ccc(Cl)cc1-n1ncc2c(NCC(=O)O)nc(Cl)cc21.O=C(O)C(F)(F)F. The van der Waals surface area contributed by atoms with Crippen molar-refractivity contribution in [1.82, 2.24) is 14.8 Å². The molecule has 9 nitrogen and oxygen atoms in total. The molecule has 0 aliphatic carbocycles. The van der Waals surface area contributed by atoms with Crippen LogP contribution in [0.2, 0.25) is 10.2 Å². The molecule has 3 rings (SSSR count). The van der Waals surface area contributed by atoms with E-state index in [1.165, 1.54) is 0 Å². The van der Waals surface area contributed by atoms with Gasteiger partial charge in [-0.1, -0.05) is 23.2 Å². The van der Waals surface area contributed by atoms with Crippen LogP contribution in [0.3, 0.4) is 0 Å². The van der Waals surface area contributed by atoms with Crippen LogP contribution in [0.15, 0.2) is 30.5 Å². The molecule has 0 atom stereocenters. The highest BCUT2D eigenvalue weighted by molar-refractivity contribution is 6.31. The topological polar surface area (TPSA) is 127 Å². The number of fused-ring (bicyclic) bond motifs is 1. The van der Waals surface area contributed by atoms with Crippen molar-refractivity contribution in [1.29, 1.82) is 0 Å². The highest BCUT2D eigenvalue weighted by atomic mass is 35.5. The number of ether oxygens (including phenoxy) is 1. The van der Waals surface area contributed by atoms with Crippen LogP contribution in [0.25, 0.3) is 16.6 Å². The third-order valence-electron chi connectivity index (χ3n) is 3.55. The van der Waals surface area contributed by atoms with Crippen LogP contribution in [-0.4, -0.2) is 56.7 Å². The molecule has 0 radical (unpaired) electrons. The Labute approximate surface area is 182 Å². The first-order chi connectivity index (χ1) is 14.4. The van der Waals surface area contributed by atoms with Crippen molar-refractivity contribution >= 4 is 51.9 Å². The number of carbonyl (C=O) groups is 2. The Bertz CT molecular complexity index is 1120. The predicted octanol–water partition coefficient (Wildman–Crippen LogP) is 3.87.